The fraction of sp³-hybridized carbons (Fsp3) is 0.409. The first kappa shape index (κ1) is 19.9. The molecule has 27 heavy (non-hydrogen) atoms. The first-order chi connectivity index (χ1) is 12.5. The van der Waals surface area contributed by atoms with Crippen molar-refractivity contribution in [2.75, 3.05) is 25.1 Å². The summed E-state index contributed by atoms with van der Waals surface area (Å²) in [6.07, 6.45) is 3.29. The molecule has 4 rings (SSSR count). The number of aryl methyl sites for hydroxylation is 2. The first-order valence-electron chi connectivity index (χ1n) is 9.38. The van der Waals surface area contributed by atoms with Crippen molar-refractivity contribution in [2.24, 2.45) is 0 Å². The molecular weight excluding hydrogens is 404 g/mol. The van der Waals surface area contributed by atoms with Crippen LogP contribution in [0.5, 0.6) is 5.75 Å². The number of hydrogen-bond acceptors (Lipinski definition) is 3. The van der Waals surface area contributed by atoms with E-state index in [2.05, 4.69) is 41.5 Å². The van der Waals surface area contributed by atoms with Gasteiger partial charge in [-0.25, -0.2) is 9.48 Å². The van der Waals surface area contributed by atoms with Crippen molar-refractivity contribution in [3.8, 4) is 5.75 Å². The van der Waals surface area contributed by atoms with Gasteiger partial charge in [0, 0.05) is 12.0 Å². The third kappa shape index (κ3) is 3.39. The molecule has 1 unspecified atom stereocenters. The molecule has 2 aliphatic heterocycles. The second kappa shape index (κ2) is 7.64. The van der Waals surface area contributed by atoms with Crippen LogP contribution in [-0.4, -0.2) is 35.7 Å². The highest BCUT2D eigenvalue weighted by molar-refractivity contribution is 5.96. The van der Waals surface area contributed by atoms with Crippen molar-refractivity contribution < 1.29 is 31.4 Å². The fourth-order valence-corrected chi connectivity index (χ4v) is 4.23. The lowest BCUT2D eigenvalue weighted by Gasteiger charge is -2.24. The average molecular weight is 431 g/mol. The topological polar surface area (TPSA) is 35.7 Å². The molecule has 0 bridgehead atoms. The van der Waals surface area contributed by atoms with Gasteiger partial charge < -0.3 is 26.8 Å². The highest BCUT2D eigenvalue weighted by Gasteiger charge is 2.52. The van der Waals surface area contributed by atoms with E-state index in [0.717, 1.165) is 30.7 Å². The van der Waals surface area contributed by atoms with Crippen molar-refractivity contribution >= 4 is 11.5 Å². The standard InChI is InChI=1S/C22H27N2O2.BrH/c1-16-7-8-17(2)20(14-16)23-15-22(25,24-13-5-4-6-21(23)24)18-9-11-19(26-3)12-10-18;/h7-12,14,25H,4-6,13,15H2,1-3H3;1H/q+1;/p-1. The minimum absolute atomic E-state index is 0. The zero-order chi connectivity index (χ0) is 18.3. The van der Waals surface area contributed by atoms with E-state index >= 15 is 0 Å². The minimum atomic E-state index is -1.00. The lowest BCUT2D eigenvalue weighted by atomic mass is 10.0. The van der Waals surface area contributed by atoms with Gasteiger partial charge in [0.05, 0.1) is 13.7 Å². The molecule has 0 saturated heterocycles. The monoisotopic (exact) mass is 430 g/mol. The number of methoxy groups -OCH3 is 1. The normalized spacial score (nSPS) is 21.7. The van der Waals surface area contributed by atoms with Crippen molar-refractivity contribution in [3.63, 3.8) is 0 Å². The van der Waals surface area contributed by atoms with Crippen LogP contribution in [0.25, 0.3) is 0 Å². The van der Waals surface area contributed by atoms with Crippen LogP contribution in [0.15, 0.2) is 42.5 Å². The van der Waals surface area contributed by atoms with E-state index in [-0.39, 0.29) is 17.0 Å². The summed E-state index contributed by atoms with van der Waals surface area (Å²) >= 11 is 0. The number of aliphatic hydroxyl groups is 1. The van der Waals surface area contributed by atoms with Crippen LogP contribution in [0.4, 0.5) is 5.69 Å². The molecule has 2 heterocycles. The van der Waals surface area contributed by atoms with Crippen LogP contribution in [0.3, 0.4) is 0 Å². The van der Waals surface area contributed by atoms with Gasteiger partial charge in [0.1, 0.15) is 11.4 Å². The first-order valence-corrected chi connectivity index (χ1v) is 9.38. The summed E-state index contributed by atoms with van der Waals surface area (Å²) in [6, 6.07) is 14.4. The number of ether oxygens (including phenoxy) is 1. The summed E-state index contributed by atoms with van der Waals surface area (Å²) < 4.78 is 7.49. The molecule has 2 aliphatic rings. The van der Waals surface area contributed by atoms with Gasteiger partial charge in [0.2, 0.25) is 0 Å². The molecular formula is C22H27BrN2O2. The van der Waals surface area contributed by atoms with Gasteiger partial charge >= 0.3 is 0 Å². The Morgan fingerprint density at radius 3 is 2.52 bits per heavy atom. The van der Waals surface area contributed by atoms with E-state index in [4.69, 9.17) is 4.74 Å². The molecule has 0 fully saturated rings. The predicted octanol–water partition coefficient (Wildman–Crippen LogP) is 0.576. The van der Waals surface area contributed by atoms with Gasteiger partial charge in [-0.15, -0.1) is 0 Å². The van der Waals surface area contributed by atoms with Crippen LogP contribution in [0.1, 0.15) is 36.0 Å². The maximum atomic E-state index is 11.7. The van der Waals surface area contributed by atoms with Gasteiger partial charge in [-0.2, -0.15) is 0 Å². The predicted molar refractivity (Wildman–Crippen MR) is 104 cm³/mol. The molecule has 0 aliphatic carbocycles. The Morgan fingerprint density at radius 2 is 1.81 bits per heavy atom. The van der Waals surface area contributed by atoms with Gasteiger partial charge in [-0.1, -0.05) is 12.1 Å². The smallest absolute Gasteiger partial charge is 0.271 e. The fourth-order valence-electron chi connectivity index (χ4n) is 4.23. The maximum absolute atomic E-state index is 11.7. The van der Waals surface area contributed by atoms with Crippen LogP contribution in [0.2, 0.25) is 0 Å². The summed E-state index contributed by atoms with van der Waals surface area (Å²) in [6.45, 7) is 5.71. The van der Waals surface area contributed by atoms with E-state index in [1.807, 2.05) is 24.3 Å². The number of β-amino-alcohol motifs (C(OH)–C–C–N with tert-alkyl or cyclic N) is 1. The molecule has 2 aromatic rings. The number of benzene rings is 2. The highest BCUT2D eigenvalue weighted by atomic mass is 79.9. The van der Waals surface area contributed by atoms with Gasteiger partial charge in [0.15, 0.2) is 6.54 Å². The second-order valence-electron chi connectivity index (χ2n) is 7.45. The van der Waals surface area contributed by atoms with Crippen LogP contribution >= 0.6 is 0 Å². The molecule has 5 heteroatoms. The Hall–Kier alpha value is -1.85. The molecule has 0 aromatic heterocycles. The maximum Gasteiger partial charge on any atom is 0.271 e. The van der Waals surface area contributed by atoms with E-state index in [0.29, 0.717) is 6.54 Å². The number of hydrogen-bond donors (Lipinski definition) is 1. The number of nitrogens with zero attached hydrogens (tertiary/aromatic N) is 2. The molecule has 1 atom stereocenters. The Labute approximate surface area is 171 Å². The van der Waals surface area contributed by atoms with Crippen molar-refractivity contribution in [2.45, 2.75) is 38.8 Å². The summed E-state index contributed by atoms with van der Waals surface area (Å²) in [4.78, 5) is 2.33. The van der Waals surface area contributed by atoms with Crippen molar-refractivity contribution in [1.29, 1.82) is 0 Å². The molecule has 0 spiro atoms. The zero-order valence-electron chi connectivity index (χ0n) is 16.2. The molecule has 144 valence electrons. The molecule has 2 aromatic carbocycles. The SMILES string of the molecule is COc1ccc(C2(O)CN(c3cc(C)ccc3C)C3=[N+]2CCCC3)cc1.[Br-]. The molecule has 0 radical (unpaired) electrons. The van der Waals surface area contributed by atoms with E-state index < -0.39 is 5.72 Å². The Balaban J connectivity index is 0.00000210. The van der Waals surface area contributed by atoms with Crippen molar-refractivity contribution in [1.82, 2.24) is 0 Å². The number of rotatable bonds is 3. The van der Waals surface area contributed by atoms with E-state index in [1.54, 1.807) is 7.11 Å². The van der Waals surface area contributed by atoms with Crippen LogP contribution in [-0.2, 0) is 5.72 Å². The minimum Gasteiger partial charge on any atom is -1.00 e. The lowest BCUT2D eigenvalue weighted by molar-refractivity contribution is -0.661. The Kier molecular flexibility index (Phi) is 5.63. The average Bonchev–Trinajstić information content (AvgIpc) is 2.98. The van der Waals surface area contributed by atoms with Crippen LogP contribution < -0.4 is 26.6 Å². The molecule has 4 nitrogen and oxygen atoms in total. The number of halogens is 1. The van der Waals surface area contributed by atoms with E-state index in [1.165, 1.54) is 29.1 Å². The zero-order valence-corrected chi connectivity index (χ0v) is 17.8. The van der Waals surface area contributed by atoms with Crippen molar-refractivity contribution in [3.05, 3.63) is 59.2 Å². The lowest BCUT2D eigenvalue weighted by Crippen LogP contribution is -3.00. The van der Waals surface area contributed by atoms with Gasteiger partial charge in [-0.3, -0.25) is 0 Å². The molecule has 0 amide bonds. The molecule has 1 N–H and O–H groups in total. The quantitative estimate of drug-likeness (QED) is 0.723. The summed E-state index contributed by atoms with van der Waals surface area (Å²) in [5, 5.41) is 11.7. The van der Waals surface area contributed by atoms with Crippen LogP contribution in [0, 0.1) is 13.8 Å². The molecule has 0 saturated carbocycles. The highest BCUT2D eigenvalue weighted by Crippen LogP contribution is 2.37. The number of amidine groups is 1. The number of anilines is 1. The van der Waals surface area contributed by atoms with Gasteiger partial charge in [0.25, 0.3) is 11.6 Å². The largest absolute Gasteiger partial charge is 1.00 e. The van der Waals surface area contributed by atoms with E-state index in [9.17, 15) is 5.11 Å². The van der Waals surface area contributed by atoms with Gasteiger partial charge in [-0.05, 0) is 68.1 Å². The summed E-state index contributed by atoms with van der Waals surface area (Å²) in [5.41, 5.74) is 3.61. The third-order valence-electron chi connectivity index (χ3n) is 5.69. The summed E-state index contributed by atoms with van der Waals surface area (Å²) in [5.74, 6) is 2.05. The second-order valence-corrected chi connectivity index (χ2v) is 7.45. The Bertz CT molecular complexity index is 863. The summed E-state index contributed by atoms with van der Waals surface area (Å²) in [7, 11) is 1.66. The Morgan fingerprint density at radius 1 is 1.07 bits per heavy atom. The third-order valence-corrected chi connectivity index (χ3v) is 5.69.